The lowest BCUT2D eigenvalue weighted by Gasteiger charge is -2.32. The van der Waals surface area contributed by atoms with Crippen molar-refractivity contribution in [2.75, 3.05) is 7.05 Å². The zero-order valence-electron chi connectivity index (χ0n) is 11.4. The molecule has 2 heterocycles. The predicted octanol–water partition coefficient (Wildman–Crippen LogP) is 1.40. The molecule has 94 valence electrons. The quantitative estimate of drug-likeness (QED) is 0.647. The molecule has 2 aliphatic rings. The van der Waals surface area contributed by atoms with Gasteiger partial charge in [-0.15, -0.1) is 0 Å². The lowest BCUT2D eigenvalue weighted by atomic mass is 9.75. The van der Waals surface area contributed by atoms with Crippen molar-refractivity contribution in [2.24, 2.45) is 0 Å². The summed E-state index contributed by atoms with van der Waals surface area (Å²) in [6, 6.07) is 0.0391. The zero-order chi connectivity index (χ0) is 13.0. The van der Waals surface area contributed by atoms with Gasteiger partial charge in [-0.1, -0.05) is 0 Å². The van der Waals surface area contributed by atoms with E-state index in [0.29, 0.717) is 0 Å². The molecule has 0 aromatic carbocycles. The van der Waals surface area contributed by atoms with E-state index in [-0.39, 0.29) is 23.2 Å². The second-order valence-electron chi connectivity index (χ2n) is 5.86. The molecule has 1 atom stereocenters. The van der Waals surface area contributed by atoms with Crippen LogP contribution >= 0.6 is 0 Å². The summed E-state index contributed by atoms with van der Waals surface area (Å²) < 4.78 is 11.9. The molecule has 0 spiro atoms. The summed E-state index contributed by atoms with van der Waals surface area (Å²) in [5.41, 5.74) is 0.196. The lowest BCUT2D eigenvalue weighted by Crippen LogP contribution is -2.41. The number of amides is 1. The van der Waals surface area contributed by atoms with Crippen LogP contribution in [0.1, 0.15) is 34.6 Å². The van der Waals surface area contributed by atoms with Gasteiger partial charge in [0.1, 0.15) is 0 Å². The summed E-state index contributed by atoms with van der Waals surface area (Å²) in [6.45, 7) is 10.0. The fraction of sp³-hybridized carbons (Fsp3) is 0.750. The largest absolute Gasteiger partial charge is 0.492 e. The second-order valence-corrected chi connectivity index (χ2v) is 5.86. The monoisotopic (exact) mass is 237 g/mol. The third-order valence-corrected chi connectivity index (χ3v) is 4.23. The number of likely N-dealkylation sites (N-methyl/N-ethyl adjacent to an activating group) is 1. The van der Waals surface area contributed by atoms with E-state index in [2.05, 4.69) is 0 Å². The first-order valence-electron chi connectivity index (χ1n) is 5.99. The van der Waals surface area contributed by atoms with Crippen molar-refractivity contribution < 1.29 is 14.1 Å². The first kappa shape index (κ1) is 12.6. The molecule has 2 rings (SSSR count). The highest BCUT2D eigenvalue weighted by Gasteiger charge is 2.54. The summed E-state index contributed by atoms with van der Waals surface area (Å²) in [7, 11) is 1.38. The highest BCUT2D eigenvalue weighted by atomic mass is 16.7. The summed E-state index contributed by atoms with van der Waals surface area (Å²) in [5, 5.41) is 0. The molecular formula is C12H20BNO3. The van der Waals surface area contributed by atoms with Gasteiger partial charge in [0.2, 0.25) is 5.91 Å². The van der Waals surface area contributed by atoms with Crippen molar-refractivity contribution in [3.8, 4) is 0 Å². The molecule has 17 heavy (non-hydrogen) atoms. The van der Waals surface area contributed by atoms with E-state index in [0.717, 1.165) is 5.47 Å². The van der Waals surface area contributed by atoms with Crippen LogP contribution in [0.3, 0.4) is 0 Å². The third-order valence-electron chi connectivity index (χ3n) is 4.23. The molecule has 1 saturated heterocycles. The maximum atomic E-state index is 11.6. The number of rotatable bonds is 1. The van der Waals surface area contributed by atoms with Crippen molar-refractivity contribution in [2.45, 2.75) is 51.9 Å². The van der Waals surface area contributed by atoms with Gasteiger partial charge in [0, 0.05) is 19.2 Å². The smallest absolute Gasteiger partial charge is 0.400 e. The summed E-state index contributed by atoms with van der Waals surface area (Å²) in [4.78, 5) is 13.3. The number of hydrogen-bond donors (Lipinski definition) is 0. The van der Waals surface area contributed by atoms with Crippen LogP contribution in [0, 0.1) is 0 Å². The fourth-order valence-corrected chi connectivity index (χ4v) is 2.02. The molecule has 0 radical (unpaired) electrons. The van der Waals surface area contributed by atoms with E-state index < -0.39 is 7.12 Å². The molecule has 0 bridgehead atoms. The molecule has 0 saturated carbocycles. The minimum atomic E-state index is -0.413. The van der Waals surface area contributed by atoms with Gasteiger partial charge in [0.25, 0.3) is 0 Å². The first-order chi connectivity index (χ1) is 7.66. The molecule has 4 nitrogen and oxygen atoms in total. The van der Waals surface area contributed by atoms with Crippen LogP contribution in [0.15, 0.2) is 11.5 Å². The first-order valence-corrected chi connectivity index (χ1v) is 5.99. The minimum absolute atomic E-state index is 0.0159. The summed E-state index contributed by atoms with van der Waals surface area (Å²) >= 11 is 0. The van der Waals surface area contributed by atoms with E-state index >= 15 is 0 Å². The molecule has 0 aromatic rings. The van der Waals surface area contributed by atoms with Gasteiger partial charge in [-0.3, -0.25) is 4.79 Å². The Morgan fingerprint density at radius 2 is 1.71 bits per heavy atom. The van der Waals surface area contributed by atoms with E-state index in [1.807, 2.05) is 34.6 Å². The standard InChI is InChI=1S/C12H20BNO3/c1-8-9(7-10(15)14(8)6)13-16-11(2,3)12(4,5)17-13/h7-8H,1-6H3/t8-/m1/s1. The van der Waals surface area contributed by atoms with E-state index in [9.17, 15) is 4.79 Å². The van der Waals surface area contributed by atoms with Crippen LogP contribution in [0.5, 0.6) is 0 Å². The van der Waals surface area contributed by atoms with Crippen LogP contribution in [0.4, 0.5) is 0 Å². The van der Waals surface area contributed by atoms with Crippen LogP contribution in [-0.4, -0.2) is 42.2 Å². The lowest BCUT2D eigenvalue weighted by molar-refractivity contribution is -0.124. The Hall–Kier alpha value is -0.805. The Bertz CT molecular complexity index is 373. The number of carbonyl (C=O) groups is 1. The Morgan fingerprint density at radius 1 is 1.24 bits per heavy atom. The SMILES string of the molecule is C[C@@H]1C(B2OC(C)(C)C(C)(C)O2)=CC(=O)N1C. The summed E-state index contributed by atoms with van der Waals surface area (Å²) in [5.74, 6) is 0.0159. The van der Waals surface area contributed by atoms with Crippen molar-refractivity contribution in [1.82, 2.24) is 4.90 Å². The van der Waals surface area contributed by atoms with Crippen molar-refractivity contribution in [3.05, 3.63) is 11.5 Å². The van der Waals surface area contributed by atoms with Crippen LogP contribution in [-0.2, 0) is 14.1 Å². The van der Waals surface area contributed by atoms with Gasteiger partial charge in [0.15, 0.2) is 0 Å². The zero-order valence-corrected chi connectivity index (χ0v) is 11.4. The Balaban J connectivity index is 2.23. The summed E-state index contributed by atoms with van der Waals surface area (Å²) in [6.07, 6.45) is 1.63. The highest BCUT2D eigenvalue weighted by Crippen LogP contribution is 2.40. The normalized spacial score (nSPS) is 31.1. The maximum Gasteiger partial charge on any atom is 0.492 e. The minimum Gasteiger partial charge on any atom is -0.400 e. The van der Waals surface area contributed by atoms with Crippen LogP contribution in [0.25, 0.3) is 0 Å². The van der Waals surface area contributed by atoms with Crippen molar-refractivity contribution in [3.63, 3.8) is 0 Å². The average molecular weight is 237 g/mol. The molecule has 1 fully saturated rings. The van der Waals surface area contributed by atoms with Crippen LogP contribution < -0.4 is 0 Å². The van der Waals surface area contributed by atoms with E-state index in [1.165, 1.54) is 0 Å². The number of carbonyl (C=O) groups excluding carboxylic acids is 1. The average Bonchev–Trinajstić information content (AvgIpc) is 2.55. The van der Waals surface area contributed by atoms with Gasteiger partial charge in [0.05, 0.1) is 11.2 Å². The number of hydrogen-bond acceptors (Lipinski definition) is 3. The van der Waals surface area contributed by atoms with Gasteiger partial charge in [-0.2, -0.15) is 0 Å². The Kier molecular flexibility index (Phi) is 2.67. The van der Waals surface area contributed by atoms with Gasteiger partial charge < -0.3 is 14.2 Å². The third kappa shape index (κ3) is 1.81. The molecule has 0 aliphatic carbocycles. The van der Waals surface area contributed by atoms with Crippen LogP contribution in [0.2, 0.25) is 0 Å². The fourth-order valence-electron chi connectivity index (χ4n) is 2.02. The Morgan fingerprint density at radius 3 is 2.06 bits per heavy atom. The van der Waals surface area contributed by atoms with Gasteiger partial charge >= 0.3 is 7.12 Å². The maximum absolute atomic E-state index is 11.6. The van der Waals surface area contributed by atoms with E-state index in [4.69, 9.17) is 9.31 Å². The van der Waals surface area contributed by atoms with Gasteiger partial charge in [-0.25, -0.2) is 0 Å². The van der Waals surface area contributed by atoms with Crippen molar-refractivity contribution in [1.29, 1.82) is 0 Å². The number of nitrogens with zero attached hydrogens (tertiary/aromatic N) is 1. The highest BCUT2D eigenvalue weighted by molar-refractivity contribution is 6.56. The topological polar surface area (TPSA) is 38.8 Å². The molecular weight excluding hydrogens is 217 g/mol. The molecule has 0 aromatic heterocycles. The van der Waals surface area contributed by atoms with E-state index in [1.54, 1.807) is 18.0 Å². The molecule has 0 unspecified atom stereocenters. The second kappa shape index (κ2) is 3.59. The predicted molar refractivity (Wildman–Crippen MR) is 66.4 cm³/mol. The molecule has 2 aliphatic heterocycles. The van der Waals surface area contributed by atoms with Crippen molar-refractivity contribution >= 4 is 13.0 Å². The molecule has 1 amide bonds. The molecule has 5 heteroatoms. The Labute approximate surface area is 103 Å². The van der Waals surface area contributed by atoms with Gasteiger partial charge in [-0.05, 0) is 40.1 Å². The molecule has 0 N–H and O–H groups in total.